The van der Waals surface area contributed by atoms with Gasteiger partial charge in [-0.15, -0.1) is 10.2 Å². The summed E-state index contributed by atoms with van der Waals surface area (Å²) < 4.78 is 15.2. The molecule has 0 bridgehead atoms. The van der Waals surface area contributed by atoms with Crippen LogP contribution in [0, 0.1) is 15.9 Å². The van der Waals surface area contributed by atoms with Crippen LogP contribution in [0.15, 0.2) is 78.0 Å². The summed E-state index contributed by atoms with van der Waals surface area (Å²) in [5.74, 6) is -0.732. The lowest BCUT2D eigenvalue weighted by atomic mass is 10.2. The molecule has 1 heterocycles. The van der Waals surface area contributed by atoms with Crippen LogP contribution in [-0.4, -0.2) is 31.3 Å². The smallest absolute Gasteiger partial charge is 0.295 e. The number of carbonyl (C=O) groups excluding carboxylic acids is 1. The molecule has 0 aliphatic carbocycles. The van der Waals surface area contributed by atoms with Gasteiger partial charge in [0.1, 0.15) is 11.5 Å². The highest BCUT2D eigenvalue weighted by Crippen LogP contribution is 2.28. The van der Waals surface area contributed by atoms with Crippen LogP contribution in [0.25, 0.3) is 11.4 Å². The molecule has 0 radical (unpaired) electrons. The average Bonchev–Trinajstić information content (AvgIpc) is 3.22. The average molecular weight is 498 g/mol. The maximum Gasteiger partial charge on any atom is 0.295 e. The number of benzene rings is 3. The number of rotatable bonds is 8. The van der Waals surface area contributed by atoms with Crippen molar-refractivity contribution in [3.8, 4) is 11.4 Å². The lowest BCUT2D eigenvalue weighted by Gasteiger charge is -2.11. The normalized spacial score (nSPS) is 10.8. The van der Waals surface area contributed by atoms with Crippen molar-refractivity contribution in [1.29, 1.82) is 0 Å². The topological polar surface area (TPSA) is 103 Å². The van der Waals surface area contributed by atoms with Crippen molar-refractivity contribution in [2.75, 3.05) is 11.1 Å². The molecule has 0 fully saturated rings. The fraction of sp³-hybridized carbons (Fsp3) is 0.0870. The molecule has 4 aromatic rings. The van der Waals surface area contributed by atoms with E-state index >= 15 is 0 Å². The lowest BCUT2D eigenvalue weighted by molar-refractivity contribution is -0.384. The summed E-state index contributed by atoms with van der Waals surface area (Å²) in [7, 11) is 0. The number of halogens is 2. The van der Waals surface area contributed by atoms with Gasteiger partial charge in [-0.2, -0.15) is 0 Å². The second kappa shape index (κ2) is 10.4. The van der Waals surface area contributed by atoms with Crippen molar-refractivity contribution in [1.82, 2.24) is 14.8 Å². The molecular weight excluding hydrogens is 481 g/mol. The van der Waals surface area contributed by atoms with Gasteiger partial charge in [-0.25, -0.2) is 4.39 Å². The zero-order valence-corrected chi connectivity index (χ0v) is 19.1. The molecular formula is C23H17ClFN5O3S. The Kier molecular flexibility index (Phi) is 7.19. The van der Waals surface area contributed by atoms with Crippen LogP contribution >= 0.6 is 23.4 Å². The van der Waals surface area contributed by atoms with Gasteiger partial charge in [0.15, 0.2) is 11.0 Å². The van der Waals surface area contributed by atoms with Gasteiger partial charge in [0, 0.05) is 10.6 Å². The Hall–Kier alpha value is -3.76. The fourth-order valence-corrected chi connectivity index (χ4v) is 4.06. The van der Waals surface area contributed by atoms with Crippen molar-refractivity contribution < 1.29 is 14.1 Å². The zero-order valence-electron chi connectivity index (χ0n) is 17.5. The Morgan fingerprint density at radius 3 is 2.53 bits per heavy atom. The lowest BCUT2D eigenvalue weighted by Crippen LogP contribution is -2.16. The Bertz CT molecular complexity index is 1330. The first kappa shape index (κ1) is 23.4. The third-order valence-corrected chi connectivity index (χ3v) is 5.98. The first-order valence-electron chi connectivity index (χ1n) is 10.0. The van der Waals surface area contributed by atoms with Gasteiger partial charge < -0.3 is 5.32 Å². The molecule has 11 heteroatoms. The first-order valence-corrected chi connectivity index (χ1v) is 11.4. The molecule has 1 amide bonds. The van der Waals surface area contributed by atoms with E-state index in [0.717, 1.165) is 41.1 Å². The van der Waals surface area contributed by atoms with E-state index in [4.69, 9.17) is 11.6 Å². The number of anilines is 1. The minimum absolute atomic E-state index is 0.0791. The van der Waals surface area contributed by atoms with Gasteiger partial charge in [-0.1, -0.05) is 53.7 Å². The van der Waals surface area contributed by atoms with Crippen LogP contribution in [-0.2, 0) is 11.3 Å². The van der Waals surface area contributed by atoms with E-state index < -0.39 is 22.3 Å². The Morgan fingerprint density at radius 1 is 1.09 bits per heavy atom. The van der Waals surface area contributed by atoms with E-state index in [2.05, 4.69) is 15.5 Å². The minimum Gasteiger partial charge on any atom is -0.320 e. The Morgan fingerprint density at radius 2 is 1.82 bits per heavy atom. The number of nitro groups is 1. The molecule has 0 saturated carbocycles. The van der Waals surface area contributed by atoms with Crippen LogP contribution in [0.2, 0.25) is 5.02 Å². The highest BCUT2D eigenvalue weighted by Gasteiger charge is 2.19. The van der Waals surface area contributed by atoms with Crippen molar-refractivity contribution in [3.05, 3.63) is 99.3 Å². The molecule has 4 rings (SSSR count). The third kappa shape index (κ3) is 5.59. The molecule has 0 saturated heterocycles. The number of amides is 1. The number of hydrogen-bond acceptors (Lipinski definition) is 6. The summed E-state index contributed by atoms with van der Waals surface area (Å²) in [5, 5.41) is 23.3. The van der Waals surface area contributed by atoms with Gasteiger partial charge >= 0.3 is 0 Å². The summed E-state index contributed by atoms with van der Waals surface area (Å²) in [5.41, 5.74) is 1.23. The van der Waals surface area contributed by atoms with Crippen LogP contribution < -0.4 is 5.32 Å². The first-order chi connectivity index (χ1) is 16.4. The monoisotopic (exact) mass is 497 g/mol. The van der Waals surface area contributed by atoms with E-state index in [-0.39, 0.29) is 11.4 Å². The van der Waals surface area contributed by atoms with Gasteiger partial charge in [0.05, 0.1) is 23.3 Å². The van der Waals surface area contributed by atoms with E-state index in [0.29, 0.717) is 22.5 Å². The number of thioether (sulfide) groups is 1. The minimum atomic E-state index is -0.761. The molecule has 0 spiro atoms. The number of aromatic nitrogens is 3. The number of nitrogens with one attached hydrogen (secondary N) is 1. The van der Waals surface area contributed by atoms with Crippen LogP contribution in [0.5, 0.6) is 0 Å². The SMILES string of the molecule is O=C(CSc1nnc(-c2ccc(Cl)cc2)n1Cc1ccccc1)Nc1ccc(F)cc1[N+](=O)[O-]. The van der Waals surface area contributed by atoms with E-state index in [9.17, 15) is 19.3 Å². The molecule has 3 aromatic carbocycles. The van der Waals surface area contributed by atoms with E-state index in [1.165, 1.54) is 0 Å². The molecule has 0 atom stereocenters. The Labute approximate surface area is 202 Å². The molecule has 8 nitrogen and oxygen atoms in total. The highest BCUT2D eigenvalue weighted by molar-refractivity contribution is 7.99. The van der Waals surface area contributed by atoms with Gasteiger partial charge in [0.2, 0.25) is 5.91 Å². The van der Waals surface area contributed by atoms with Gasteiger partial charge in [0.25, 0.3) is 5.69 Å². The maximum atomic E-state index is 13.4. The predicted molar refractivity (Wildman–Crippen MR) is 128 cm³/mol. The quantitative estimate of drug-likeness (QED) is 0.198. The molecule has 34 heavy (non-hydrogen) atoms. The summed E-state index contributed by atoms with van der Waals surface area (Å²) in [6.07, 6.45) is 0. The van der Waals surface area contributed by atoms with Gasteiger partial charge in [-0.3, -0.25) is 19.5 Å². The van der Waals surface area contributed by atoms with Crippen LogP contribution in [0.1, 0.15) is 5.56 Å². The fourth-order valence-electron chi connectivity index (χ4n) is 3.19. The third-order valence-electron chi connectivity index (χ3n) is 4.77. The molecule has 1 N–H and O–H groups in total. The van der Waals surface area contributed by atoms with Crippen LogP contribution in [0.4, 0.5) is 15.8 Å². The van der Waals surface area contributed by atoms with Crippen molar-refractivity contribution >= 4 is 40.6 Å². The molecule has 0 aliphatic heterocycles. The number of carbonyl (C=O) groups is 1. The van der Waals surface area contributed by atoms with Crippen molar-refractivity contribution in [3.63, 3.8) is 0 Å². The summed E-state index contributed by atoms with van der Waals surface area (Å²) in [6.45, 7) is 0.471. The van der Waals surface area contributed by atoms with E-state index in [1.54, 1.807) is 12.1 Å². The van der Waals surface area contributed by atoms with Gasteiger partial charge in [-0.05, 0) is 42.0 Å². The number of nitro benzene ring substituents is 1. The standard InChI is InChI=1S/C23H17ClFN5O3S/c24-17-8-6-16(7-9-17)22-27-28-23(29(22)13-15-4-2-1-3-5-15)34-14-21(31)26-19-11-10-18(25)12-20(19)30(32)33/h1-12H,13-14H2,(H,26,31). The summed E-state index contributed by atoms with van der Waals surface area (Å²) >= 11 is 7.15. The number of hydrogen-bond donors (Lipinski definition) is 1. The highest BCUT2D eigenvalue weighted by atomic mass is 35.5. The second-order valence-corrected chi connectivity index (χ2v) is 8.52. The van der Waals surface area contributed by atoms with Crippen LogP contribution in [0.3, 0.4) is 0 Å². The maximum absolute atomic E-state index is 13.4. The van der Waals surface area contributed by atoms with Crippen molar-refractivity contribution in [2.45, 2.75) is 11.7 Å². The number of nitrogens with zero attached hydrogens (tertiary/aromatic N) is 4. The van der Waals surface area contributed by atoms with Crippen molar-refractivity contribution in [2.24, 2.45) is 0 Å². The summed E-state index contributed by atoms with van der Waals surface area (Å²) in [4.78, 5) is 22.9. The molecule has 172 valence electrons. The zero-order chi connectivity index (χ0) is 24.1. The molecule has 0 unspecified atom stereocenters. The second-order valence-electron chi connectivity index (χ2n) is 7.14. The predicted octanol–water partition coefficient (Wildman–Crippen LogP) is 5.42. The Balaban J connectivity index is 1.55. The largest absolute Gasteiger partial charge is 0.320 e. The molecule has 1 aromatic heterocycles. The summed E-state index contributed by atoms with van der Waals surface area (Å²) in [6, 6.07) is 19.9. The van der Waals surface area contributed by atoms with E-state index in [1.807, 2.05) is 47.0 Å². The molecule has 0 aliphatic rings.